The number of nitrogens with two attached hydrogens (primary N) is 1. The van der Waals surface area contributed by atoms with E-state index in [4.69, 9.17) is 10.5 Å². The van der Waals surface area contributed by atoms with Gasteiger partial charge in [-0.1, -0.05) is 12.1 Å². The molecule has 1 saturated carbocycles. The summed E-state index contributed by atoms with van der Waals surface area (Å²) in [6.45, 7) is 2.95. The average molecular weight is 234 g/mol. The van der Waals surface area contributed by atoms with Crippen LogP contribution in [-0.4, -0.2) is 19.3 Å². The number of rotatable bonds is 4. The molecule has 94 valence electrons. The molecule has 1 fully saturated rings. The zero-order valence-corrected chi connectivity index (χ0v) is 10.7. The van der Waals surface area contributed by atoms with Crippen molar-refractivity contribution in [2.24, 2.45) is 0 Å². The molecule has 2 atom stereocenters. The van der Waals surface area contributed by atoms with Gasteiger partial charge in [0, 0.05) is 25.4 Å². The van der Waals surface area contributed by atoms with Crippen molar-refractivity contribution in [3.63, 3.8) is 0 Å². The van der Waals surface area contributed by atoms with Gasteiger partial charge in [-0.2, -0.15) is 0 Å². The molecule has 0 radical (unpaired) electrons. The number of benzene rings is 1. The Morgan fingerprint density at radius 3 is 3.00 bits per heavy atom. The highest BCUT2D eigenvalue weighted by Gasteiger charge is 2.26. The van der Waals surface area contributed by atoms with Gasteiger partial charge in [0.1, 0.15) is 0 Å². The summed E-state index contributed by atoms with van der Waals surface area (Å²) in [5.41, 5.74) is 9.25. The number of methoxy groups -OCH3 is 1. The zero-order valence-electron chi connectivity index (χ0n) is 10.7. The fourth-order valence-electron chi connectivity index (χ4n) is 2.58. The predicted molar refractivity (Wildman–Crippen MR) is 70.9 cm³/mol. The summed E-state index contributed by atoms with van der Waals surface area (Å²) < 4.78 is 5.48. The molecule has 0 bridgehead atoms. The Kier molecular flexibility index (Phi) is 4.02. The van der Waals surface area contributed by atoms with Crippen molar-refractivity contribution in [3.8, 4) is 0 Å². The molecule has 0 aliphatic heterocycles. The smallest absolute Gasteiger partial charge is 0.0724 e. The van der Waals surface area contributed by atoms with Crippen molar-refractivity contribution in [2.45, 2.75) is 44.9 Å². The third-order valence-corrected chi connectivity index (χ3v) is 3.80. The van der Waals surface area contributed by atoms with E-state index in [0.717, 1.165) is 12.2 Å². The Balaban J connectivity index is 1.95. The van der Waals surface area contributed by atoms with Crippen LogP contribution in [0.1, 0.15) is 30.4 Å². The number of nitrogens with one attached hydrogen (secondary N) is 1. The molecule has 3 N–H and O–H groups in total. The van der Waals surface area contributed by atoms with Crippen LogP contribution in [0.2, 0.25) is 0 Å². The monoisotopic (exact) mass is 234 g/mol. The molecule has 3 nitrogen and oxygen atoms in total. The second-order valence-electron chi connectivity index (χ2n) is 4.82. The molecule has 1 aromatic rings. The maximum Gasteiger partial charge on any atom is 0.0724 e. The van der Waals surface area contributed by atoms with E-state index >= 15 is 0 Å². The Labute approximate surface area is 103 Å². The lowest BCUT2D eigenvalue weighted by molar-refractivity contribution is 0.0847. The Morgan fingerprint density at radius 1 is 1.41 bits per heavy atom. The van der Waals surface area contributed by atoms with Gasteiger partial charge in [-0.25, -0.2) is 0 Å². The van der Waals surface area contributed by atoms with Crippen molar-refractivity contribution >= 4 is 5.69 Å². The lowest BCUT2D eigenvalue weighted by Crippen LogP contribution is -2.36. The summed E-state index contributed by atoms with van der Waals surface area (Å²) in [5.74, 6) is 0. The molecule has 1 aliphatic carbocycles. The molecular weight excluding hydrogens is 212 g/mol. The van der Waals surface area contributed by atoms with Crippen LogP contribution in [0.15, 0.2) is 18.2 Å². The van der Waals surface area contributed by atoms with Gasteiger partial charge in [-0.3, -0.25) is 0 Å². The minimum Gasteiger partial charge on any atom is -0.399 e. The first-order chi connectivity index (χ1) is 8.22. The third-order valence-electron chi connectivity index (χ3n) is 3.80. The summed E-state index contributed by atoms with van der Waals surface area (Å²) in [4.78, 5) is 0. The Morgan fingerprint density at radius 2 is 2.24 bits per heavy atom. The number of ether oxygens (including phenoxy) is 1. The Hall–Kier alpha value is -1.06. The predicted octanol–water partition coefficient (Wildman–Crippen LogP) is 2.23. The number of nitrogen functional groups attached to an aromatic ring is 1. The van der Waals surface area contributed by atoms with Crippen LogP contribution in [0.5, 0.6) is 0 Å². The zero-order chi connectivity index (χ0) is 12.3. The topological polar surface area (TPSA) is 47.3 Å². The molecule has 1 aromatic carbocycles. The van der Waals surface area contributed by atoms with Gasteiger partial charge in [-0.05, 0) is 43.4 Å². The van der Waals surface area contributed by atoms with Crippen LogP contribution < -0.4 is 11.1 Å². The van der Waals surface area contributed by atoms with E-state index in [2.05, 4.69) is 18.3 Å². The van der Waals surface area contributed by atoms with Crippen LogP contribution in [0, 0.1) is 6.92 Å². The minimum atomic E-state index is 0.372. The van der Waals surface area contributed by atoms with Crippen molar-refractivity contribution in [3.05, 3.63) is 29.3 Å². The van der Waals surface area contributed by atoms with Crippen LogP contribution in [0.25, 0.3) is 0 Å². The first-order valence-electron chi connectivity index (χ1n) is 6.32. The molecule has 3 heteroatoms. The molecule has 0 spiro atoms. The van der Waals surface area contributed by atoms with Crippen LogP contribution in [0.4, 0.5) is 5.69 Å². The van der Waals surface area contributed by atoms with Crippen molar-refractivity contribution in [1.82, 2.24) is 5.32 Å². The minimum absolute atomic E-state index is 0.372. The average Bonchev–Trinajstić information content (AvgIpc) is 2.78. The number of anilines is 1. The van der Waals surface area contributed by atoms with Crippen molar-refractivity contribution < 1.29 is 4.74 Å². The van der Waals surface area contributed by atoms with Gasteiger partial charge in [0.25, 0.3) is 0 Å². The quantitative estimate of drug-likeness (QED) is 0.785. The molecular formula is C14H22N2O. The second kappa shape index (κ2) is 5.52. The van der Waals surface area contributed by atoms with Gasteiger partial charge >= 0.3 is 0 Å². The lowest BCUT2D eigenvalue weighted by atomic mass is 10.1. The molecule has 1 aliphatic rings. The van der Waals surface area contributed by atoms with Gasteiger partial charge in [-0.15, -0.1) is 0 Å². The molecule has 2 unspecified atom stereocenters. The molecule has 0 saturated heterocycles. The maximum atomic E-state index is 5.91. The molecule has 0 aromatic heterocycles. The second-order valence-corrected chi connectivity index (χ2v) is 4.82. The van der Waals surface area contributed by atoms with E-state index in [9.17, 15) is 0 Å². The molecule has 0 amide bonds. The molecule has 0 heterocycles. The van der Waals surface area contributed by atoms with E-state index in [0.29, 0.717) is 12.1 Å². The fourth-order valence-corrected chi connectivity index (χ4v) is 2.58. The van der Waals surface area contributed by atoms with E-state index < -0.39 is 0 Å². The summed E-state index contributed by atoms with van der Waals surface area (Å²) >= 11 is 0. The summed E-state index contributed by atoms with van der Waals surface area (Å²) in [6, 6.07) is 6.59. The highest BCUT2D eigenvalue weighted by molar-refractivity contribution is 5.49. The van der Waals surface area contributed by atoms with E-state index in [1.54, 1.807) is 7.11 Å². The summed E-state index contributed by atoms with van der Waals surface area (Å²) in [6.07, 6.45) is 4.01. The van der Waals surface area contributed by atoms with Crippen molar-refractivity contribution in [1.29, 1.82) is 0 Å². The van der Waals surface area contributed by atoms with E-state index in [1.807, 2.05) is 12.1 Å². The maximum absolute atomic E-state index is 5.91. The largest absolute Gasteiger partial charge is 0.399 e. The summed E-state index contributed by atoms with van der Waals surface area (Å²) in [5, 5.41) is 3.59. The SMILES string of the molecule is COC1CCCC1NCc1cccc(N)c1C. The molecule has 17 heavy (non-hydrogen) atoms. The molecule has 2 rings (SSSR count). The van der Waals surface area contributed by atoms with Gasteiger partial charge < -0.3 is 15.8 Å². The number of hydrogen-bond donors (Lipinski definition) is 2. The first-order valence-corrected chi connectivity index (χ1v) is 6.32. The van der Waals surface area contributed by atoms with Crippen LogP contribution in [-0.2, 0) is 11.3 Å². The van der Waals surface area contributed by atoms with Crippen LogP contribution >= 0.6 is 0 Å². The van der Waals surface area contributed by atoms with Crippen LogP contribution in [0.3, 0.4) is 0 Å². The third kappa shape index (κ3) is 2.79. The van der Waals surface area contributed by atoms with Gasteiger partial charge in [0.2, 0.25) is 0 Å². The van der Waals surface area contributed by atoms with Gasteiger partial charge in [0.05, 0.1) is 6.10 Å². The first kappa shape index (κ1) is 12.4. The summed E-state index contributed by atoms with van der Waals surface area (Å²) in [7, 11) is 1.80. The van der Waals surface area contributed by atoms with Crippen molar-refractivity contribution in [2.75, 3.05) is 12.8 Å². The Bertz CT molecular complexity index is 378. The normalized spacial score (nSPS) is 24.1. The van der Waals surface area contributed by atoms with Gasteiger partial charge in [0.15, 0.2) is 0 Å². The lowest BCUT2D eigenvalue weighted by Gasteiger charge is -2.20. The number of hydrogen-bond acceptors (Lipinski definition) is 3. The fraction of sp³-hybridized carbons (Fsp3) is 0.571. The standard InChI is InChI=1S/C14H22N2O/c1-10-11(5-3-6-12(10)15)9-16-13-7-4-8-14(13)17-2/h3,5-6,13-14,16H,4,7-9,15H2,1-2H3. The highest BCUT2D eigenvalue weighted by atomic mass is 16.5. The highest BCUT2D eigenvalue weighted by Crippen LogP contribution is 2.22. The van der Waals surface area contributed by atoms with E-state index in [1.165, 1.54) is 30.4 Å². The van der Waals surface area contributed by atoms with E-state index in [-0.39, 0.29) is 0 Å².